The summed E-state index contributed by atoms with van der Waals surface area (Å²) in [6.07, 6.45) is 6.23. The van der Waals surface area contributed by atoms with E-state index >= 15 is 0 Å². The number of aliphatic hydroxyl groups is 1. The molecule has 0 aliphatic carbocycles. The molecule has 1 aliphatic rings. The highest BCUT2D eigenvalue weighted by Gasteiger charge is 2.25. The third-order valence-corrected chi connectivity index (χ3v) is 8.51. The third kappa shape index (κ3) is 6.24. The SMILES string of the molecule is Cc1cc(N2CCN(C)C(O)C2)c2cnc(Cc3cc(OCCN(C)C)c4cncc(C(C)C)c4c3)c(C(C)C)c2c1. The number of anilines is 1. The Hall–Kier alpha value is -3.26. The van der Waals surface area contributed by atoms with Crippen molar-refractivity contribution in [2.75, 3.05) is 58.8 Å². The molecular weight excluding hydrogens is 522 g/mol. The lowest BCUT2D eigenvalue weighted by atomic mass is 9.90. The van der Waals surface area contributed by atoms with Gasteiger partial charge in [-0.3, -0.25) is 14.9 Å². The number of aromatic nitrogens is 2. The maximum Gasteiger partial charge on any atom is 0.129 e. The van der Waals surface area contributed by atoms with Crippen LogP contribution < -0.4 is 9.64 Å². The molecule has 0 saturated carbocycles. The number of benzene rings is 2. The predicted molar refractivity (Wildman–Crippen MR) is 174 cm³/mol. The molecule has 0 amide bonds. The van der Waals surface area contributed by atoms with E-state index in [1.165, 1.54) is 33.0 Å². The smallest absolute Gasteiger partial charge is 0.129 e. The van der Waals surface area contributed by atoms with Crippen molar-refractivity contribution in [3.8, 4) is 5.75 Å². The lowest BCUT2D eigenvalue weighted by molar-refractivity contribution is 0.0154. The van der Waals surface area contributed by atoms with Gasteiger partial charge in [-0.15, -0.1) is 0 Å². The van der Waals surface area contributed by atoms with Gasteiger partial charge in [-0.25, -0.2) is 0 Å². The molecule has 1 aliphatic heterocycles. The van der Waals surface area contributed by atoms with Crippen LogP contribution in [0.2, 0.25) is 0 Å². The van der Waals surface area contributed by atoms with Gasteiger partial charge in [0, 0.05) is 66.8 Å². The van der Waals surface area contributed by atoms with Gasteiger partial charge in [-0.1, -0.05) is 39.8 Å². The molecule has 1 atom stereocenters. The summed E-state index contributed by atoms with van der Waals surface area (Å²) in [6, 6.07) is 9.06. The topological polar surface area (TPSA) is 65.0 Å². The van der Waals surface area contributed by atoms with Crippen molar-refractivity contribution in [2.24, 2.45) is 0 Å². The lowest BCUT2D eigenvalue weighted by Crippen LogP contribution is -2.51. The molecular formula is C35H47N5O2. The van der Waals surface area contributed by atoms with E-state index in [9.17, 15) is 5.11 Å². The van der Waals surface area contributed by atoms with Crippen molar-refractivity contribution >= 4 is 27.2 Å². The molecule has 7 heteroatoms. The highest BCUT2D eigenvalue weighted by Crippen LogP contribution is 2.38. The molecule has 2 aromatic carbocycles. The van der Waals surface area contributed by atoms with Crippen molar-refractivity contribution < 1.29 is 9.84 Å². The van der Waals surface area contributed by atoms with Crippen LogP contribution in [-0.2, 0) is 6.42 Å². The van der Waals surface area contributed by atoms with Gasteiger partial charge < -0.3 is 19.6 Å². The Morgan fingerprint density at radius 3 is 2.43 bits per heavy atom. The molecule has 224 valence electrons. The summed E-state index contributed by atoms with van der Waals surface area (Å²) in [5, 5.41) is 15.3. The molecule has 3 heterocycles. The molecule has 1 fully saturated rings. The van der Waals surface area contributed by atoms with Crippen LogP contribution in [0.4, 0.5) is 5.69 Å². The predicted octanol–water partition coefficient (Wildman–Crippen LogP) is 5.94. The molecule has 1 saturated heterocycles. The Morgan fingerprint density at radius 2 is 1.74 bits per heavy atom. The molecule has 2 aromatic heterocycles. The Morgan fingerprint density at radius 1 is 0.952 bits per heavy atom. The van der Waals surface area contributed by atoms with Crippen molar-refractivity contribution in [3.63, 3.8) is 0 Å². The highest BCUT2D eigenvalue weighted by atomic mass is 16.5. The Kier molecular flexibility index (Phi) is 9.02. The summed E-state index contributed by atoms with van der Waals surface area (Å²) >= 11 is 0. The Labute approximate surface area is 251 Å². The summed E-state index contributed by atoms with van der Waals surface area (Å²) in [4.78, 5) is 16.2. The number of nitrogens with zero attached hydrogens (tertiary/aromatic N) is 5. The minimum Gasteiger partial charge on any atom is -0.492 e. The number of aryl methyl sites for hydroxylation is 1. The average Bonchev–Trinajstić information content (AvgIpc) is 2.93. The second kappa shape index (κ2) is 12.5. The van der Waals surface area contributed by atoms with Crippen molar-refractivity contribution in [1.82, 2.24) is 19.8 Å². The fourth-order valence-corrected chi connectivity index (χ4v) is 6.16. The monoisotopic (exact) mass is 569 g/mol. The first-order valence-electron chi connectivity index (χ1n) is 15.3. The van der Waals surface area contributed by atoms with Gasteiger partial charge in [0.05, 0.1) is 6.54 Å². The van der Waals surface area contributed by atoms with Gasteiger partial charge in [0.15, 0.2) is 0 Å². The van der Waals surface area contributed by atoms with Crippen LogP contribution in [0.5, 0.6) is 5.75 Å². The quantitative estimate of drug-likeness (QED) is 0.268. The van der Waals surface area contributed by atoms with Crippen molar-refractivity contribution in [3.05, 3.63) is 70.8 Å². The minimum atomic E-state index is -0.473. The molecule has 0 bridgehead atoms. The van der Waals surface area contributed by atoms with Crippen LogP contribution in [0.3, 0.4) is 0 Å². The first kappa shape index (κ1) is 30.2. The zero-order valence-electron chi connectivity index (χ0n) is 26.6. The largest absolute Gasteiger partial charge is 0.492 e. The van der Waals surface area contributed by atoms with Crippen molar-refractivity contribution in [2.45, 2.75) is 59.1 Å². The molecule has 4 aromatic rings. The average molecular weight is 570 g/mol. The van der Waals surface area contributed by atoms with E-state index in [2.05, 4.69) is 94.0 Å². The van der Waals surface area contributed by atoms with Crippen LogP contribution >= 0.6 is 0 Å². The zero-order valence-corrected chi connectivity index (χ0v) is 26.6. The van der Waals surface area contributed by atoms with Gasteiger partial charge >= 0.3 is 0 Å². The van der Waals surface area contributed by atoms with Crippen LogP contribution in [0.25, 0.3) is 21.5 Å². The van der Waals surface area contributed by atoms with E-state index in [0.29, 0.717) is 25.0 Å². The number of piperazine rings is 1. The molecule has 1 unspecified atom stereocenters. The molecule has 7 nitrogen and oxygen atoms in total. The van der Waals surface area contributed by atoms with Crippen LogP contribution in [-0.4, -0.2) is 85.0 Å². The number of aliphatic hydroxyl groups excluding tert-OH is 1. The van der Waals surface area contributed by atoms with Crippen LogP contribution in [0, 0.1) is 6.92 Å². The standard InChI is InChI=1S/C35H47N5O2/c1-22(2)28-18-36-19-30-26(28)15-25(17-33(30)42-12-11-38(6)7)16-31-35(23(3)4)27-13-24(5)14-32(29(27)20-37-31)40-10-9-39(8)34(41)21-40/h13-15,17-20,22-23,34,41H,9-12,16,21H2,1-8H3. The third-order valence-electron chi connectivity index (χ3n) is 8.51. The van der Waals surface area contributed by atoms with Gasteiger partial charge in [-0.05, 0) is 85.1 Å². The van der Waals surface area contributed by atoms with E-state index in [1.54, 1.807) is 0 Å². The molecule has 5 rings (SSSR count). The summed E-state index contributed by atoms with van der Waals surface area (Å²) in [6.45, 7) is 14.9. The molecule has 1 N–H and O–H groups in total. The van der Waals surface area contributed by atoms with E-state index in [-0.39, 0.29) is 0 Å². The summed E-state index contributed by atoms with van der Waals surface area (Å²) in [5.41, 5.74) is 7.21. The Bertz CT molecular complexity index is 1560. The number of β-amino-alcohol motifs (C(OH)–C–C–N with tert-alkyl or cyclic N) is 1. The van der Waals surface area contributed by atoms with Crippen molar-refractivity contribution in [1.29, 1.82) is 0 Å². The van der Waals surface area contributed by atoms with Crippen LogP contribution in [0.1, 0.15) is 67.5 Å². The highest BCUT2D eigenvalue weighted by molar-refractivity contribution is 5.97. The number of likely N-dealkylation sites (N-methyl/N-ethyl adjacent to an activating group) is 2. The van der Waals surface area contributed by atoms with Crippen LogP contribution in [0.15, 0.2) is 42.9 Å². The zero-order chi connectivity index (χ0) is 30.1. The molecule has 0 radical (unpaired) electrons. The fraction of sp³-hybridized carbons (Fsp3) is 0.486. The van der Waals surface area contributed by atoms with E-state index in [1.807, 2.05) is 24.3 Å². The second-order valence-corrected chi connectivity index (χ2v) is 12.8. The van der Waals surface area contributed by atoms with Gasteiger partial charge in [0.1, 0.15) is 18.6 Å². The molecule has 42 heavy (non-hydrogen) atoms. The summed E-state index contributed by atoms with van der Waals surface area (Å²) in [7, 11) is 6.11. The van der Waals surface area contributed by atoms with Gasteiger partial charge in [-0.2, -0.15) is 0 Å². The lowest BCUT2D eigenvalue weighted by Gasteiger charge is -2.38. The number of rotatable bonds is 9. The van der Waals surface area contributed by atoms with Gasteiger partial charge in [0.2, 0.25) is 0 Å². The summed E-state index contributed by atoms with van der Waals surface area (Å²) in [5.74, 6) is 1.54. The number of pyridine rings is 2. The van der Waals surface area contributed by atoms with E-state index < -0.39 is 6.23 Å². The van der Waals surface area contributed by atoms with E-state index in [0.717, 1.165) is 54.0 Å². The first-order valence-corrected chi connectivity index (χ1v) is 15.3. The Balaban J connectivity index is 1.60. The fourth-order valence-electron chi connectivity index (χ4n) is 6.16. The second-order valence-electron chi connectivity index (χ2n) is 12.8. The minimum absolute atomic E-state index is 0.302. The number of ether oxygens (including phenoxy) is 1. The molecule has 0 spiro atoms. The normalized spacial score (nSPS) is 16.5. The number of fused-ring (bicyclic) bond motifs is 2. The summed E-state index contributed by atoms with van der Waals surface area (Å²) < 4.78 is 6.37. The number of hydrogen-bond donors (Lipinski definition) is 1. The maximum absolute atomic E-state index is 10.6. The van der Waals surface area contributed by atoms with Gasteiger partial charge in [0.25, 0.3) is 0 Å². The first-order chi connectivity index (χ1) is 20.0. The number of hydrogen-bond acceptors (Lipinski definition) is 7. The maximum atomic E-state index is 10.6. The van der Waals surface area contributed by atoms with E-state index in [4.69, 9.17) is 9.72 Å².